The molecule has 1 saturated heterocycles. The summed E-state index contributed by atoms with van der Waals surface area (Å²) < 4.78 is 11.3. The van der Waals surface area contributed by atoms with E-state index in [1.165, 1.54) is 0 Å². The number of carboxylic acid groups (broad SMARTS) is 1. The van der Waals surface area contributed by atoms with Crippen LogP contribution in [-0.4, -0.2) is 30.4 Å². The second-order valence-corrected chi connectivity index (χ2v) is 6.54. The lowest BCUT2D eigenvalue weighted by Crippen LogP contribution is -2.16. The number of rotatable bonds is 9. The highest BCUT2D eigenvalue weighted by atomic mass is 16.5. The summed E-state index contributed by atoms with van der Waals surface area (Å²) in [5.74, 6) is 0.0880. The van der Waals surface area contributed by atoms with Crippen LogP contribution in [-0.2, 0) is 22.5 Å². The van der Waals surface area contributed by atoms with Gasteiger partial charge in [0.2, 0.25) is 0 Å². The molecule has 2 aromatic rings. The highest BCUT2D eigenvalue weighted by Gasteiger charge is 2.15. The minimum Gasteiger partial charge on any atom is -0.491 e. The molecule has 138 valence electrons. The molecule has 1 fully saturated rings. The minimum atomic E-state index is -0.773. The molecule has 2 aromatic carbocycles. The zero-order valence-electron chi connectivity index (χ0n) is 14.8. The summed E-state index contributed by atoms with van der Waals surface area (Å²) in [5, 5.41) is 12.2. The number of carboxylic acids is 1. The van der Waals surface area contributed by atoms with E-state index in [-0.39, 0.29) is 12.5 Å². The standard InChI is InChI=1S/C21H25NO4/c23-21(24)11-8-16-3-1-4-18(13-16)22-14-17-6-9-19(10-7-17)26-15-20-5-2-12-25-20/h1,3-4,6-7,9-10,13,20,22H,2,5,8,11-12,14-15H2,(H,23,24). The second-order valence-electron chi connectivity index (χ2n) is 6.54. The number of hydrogen-bond donors (Lipinski definition) is 2. The summed E-state index contributed by atoms with van der Waals surface area (Å²) in [6, 6.07) is 15.9. The number of aliphatic carboxylic acids is 1. The van der Waals surface area contributed by atoms with Crippen molar-refractivity contribution >= 4 is 11.7 Å². The molecule has 0 saturated carbocycles. The van der Waals surface area contributed by atoms with Crippen molar-refractivity contribution in [1.29, 1.82) is 0 Å². The first-order valence-corrected chi connectivity index (χ1v) is 9.07. The van der Waals surface area contributed by atoms with Crippen LogP contribution in [0.5, 0.6) is 5.75 Å². The van der Waals surface area contributed by atoms with Gasteiger partial charge in [0.15, 0.2) is 0 Å². The molecule has 0 bridgehead atoms. The lowest BCUT2D eigenvalue weighted by Gasteiger charge is -2.12. The van der Waals surface area contributed by atoms with Gasteiger partial charge in [-0.2, -0.15) is 0 Å². The Balaban J connectivity index is 1.46. The Morgan fingerprint density at radius 3 is 2.77 bits per heavy atom. The van der Waals surface area contributed by atoms with E-state index in [0.29, 0.717) is 19.6 Å². The monoisotopic (exact) mass is 355 g/mol. The van der Waals surface area contributed by atoms with Gasteiger partial charge in [-0.3, -0.25) is 4.79 Å². The lowest BCUT2D eigenvalue weighted by atomic mass is 10.1. The van der Waals surface area contributed by atoms with Gasteiger partial charge >= 0.3 is 5.97 Å². The molecule has 5 heteroatoms. The fourth-order valence-electron chi connectivity index (χ4n) is 2.96. The van der Waals surface area contributed by atoms with Gasteiger partial charge in [0, 0.05) is 25.3 Å². The van der Waals surface area contributed by atoms with Gasteiger partial charge < -0.3 is 19.9 Å². The summed E-state index contributed by atoms with van der Waals surface area (Å²) >= 11 is 0. The summed E-state index contributed by atoms with van der Waals surface area (Å²) in [5.41, 5.74) is 3.17. The largest absolute Gasteiger partial charge is 0.491 e. The van der Waals surface area contributed by atoms with Crippen LogP contribution in [0.1, 0.15) is 30.4 Å². The summed E-state index contributed by atoms with van der Waals surface area (Å²) in [4.78, 5) is 10.7. The predicted molar refractivity (Wildman–Crippen MR) is 101 cm³/mol. The Labute approximate surface area is 153 Å². The Hall–Kier alpha value is -2.53. The number of hydrogen-bond acceptors (Lipinski definition) is 4. The van der Waals surface area contributed by atoms with E-state index in [1.807, 2.05) is 48.5 Å². The molecule has 2 N–H and O–H groups in total. The zero-order valence-corrected chi connectivity index (χ0v) is 14.8. The van der Waals surface area contributed by atoms with E-state index in [1.54, 1.807) is 0 Å². The second kappa shape index (κ2) is 9.25. The molecule has 3 rings (SSSR count). The van der Waals surface area contributed by atoms with Gasteiger partial charge in [-0.1, -0.05) is 24.3 Å². The maximum atomic E-state index is 10.7. The molecule has 0 aliphatic carbocycles. The van der Waals surface area contributed by atoms with Gasteiger partial charge in [0.25, 0.3) is 0 Å². The molecule has 0 aromatic heterocycles. The van der Waals surface area contributed by atoms with Gasteiger partial charge in [-0.25, -0.2) is 0 Å². The maximum absolute atomic E-state index is 10.7. The lowest BCUT2D eigenvalue weighted by molar-refractivity contribution is -0.136. The van der Waals surface area contributed by atoms with E-state index in [9.17, 15) is 4.79 Å². The topological polar surface area (TPSA) is 67.8 Å². The molecule has 5 nitrogen and oxygen atoms in total. The minimum absolute atomic E-state index is 0.150. The molecular formula is C21H25NO4. The Kier molecular flexibility index (Phi) is 6.50. The highest BCUT2D eigenvalue weighted by Crippen LogP contribution is 2.18. The number of carbonyl (C=O) groups is 1. The number of benzene rings is 2. The first-order valence-electron chi connectivity index (χ1n) is 9.07. The molecule has 1 atom stereocenters. The Morgan fingerprint density at radius 2 is 2.04 bits per heavy atom. The Morgan fingerprint density at radius 1 is 1.19 bits per heavy atom. The van der Waals surface area contributed by atoms with Crippen molar-refractivity contribution in [3.8, 4) is 5.75 Å². The summed E-state index contributed by atoms with van der Waals surface area (Å²) in [6.07, 6.45) is 3.12. The van der Waals surface area contributed by atoms with E-state index in [4.69, 9.17) is 14.6 Å². The van der Waals surface area contributed by atoms with Crippen molar-refractivity contribution in [2.75, 3.05) is 18.5 Å². The van der Waals surface area contributed by atoms with Crippen molar-refractivity contribution in [3.05, 3.63) is 59.7 Å². The fraction of sp³-hybridized carbons (Fsp3) is 0.381. The van der Waals surface area contributed by atoms with Crippen molar-refractivity contribution < 1.29 is 19.4 Å². The summed E-state index contributed by atoms with van der Waals surface area (Å²) in [7, 11) is 0. The normalized spacial score (nSPS) is 16.4. The number of nitrogens with one attached hydrogen (secondary N) is 1. The summed E-state index contributed by atoms with van der Waals surface area (Å²) in [6.45, 7) is 2.16. The Bertz CT molecular complexity index is 708. The molecule has 0 radical (unpaired) electrons. The van der Waals surface area contributed by atoms with Gasteiger partial charge in [-0.05, 0) is 54.7 Å². The quantitative estimate of drug-likeness (QED) is 0.715. The molecule has 1 heterocycles. The first kappa shape index (κ1) is 18.3. The van der Waals surface area contributed by atoms with Crippen LogP contribution in [0, 0.1) is 0 Å². The molecule has 1 aliphatic rings. The first-order chi connectivity index (χ1) is 12.7. The van der Waals surface area contributed by atoms with Crippen LogP contribution in [0.2, 0.25) is 0 Å². The van der Waals surface area contributed by atoms with Crippen molar-refractivity contribution in [1.82, 2.24) is 0 Å². The van der Waals surface area contributed by atoms with Gasteiger partial charge in [-0.15, -0.1) is 0 Å². The molecule has 0 spiro atoms. The van der Waals surface area contributed by atoms with Crippen molar-refractivity contribution in [2.24, 2.45) is 0 Å². The van der Waals surface area contributed by atoms with Gasteiger partial charge in [0.05, 0.1) is 6.10 Å². The van der Waals surface area contributed by atoms with Crippen LogP contribution in [0.3, 0.4) is 0 Å². The van der Waals surface area contributed by atoms with Crippen LogP contribution in [0.15, 0.2) is 48.5 Å². The molecule has 0 amide bonds. The van der Waals surface area contributed by atoms with Crippen molar-refractivity contribution in [2.45, 2.75) is 38.3 Å². The van der Waals surface area contributed by atoms with E-state index >= 15 is 0 Å². The van der Waals surface area contributed by atoms with Gasteiger partial charge in [0.1, 0.15) is 12.4 Å². The number of anilines is 1. The molecule has 1 unspecified atom stereocenters. The van der Waals surface area contributed by atoms with E-state index < -0.39 is 5.97 Å². The zero-order chi connectivity index (χ0) is 18.2. The average molecular weight is 355 g/mol. The highest BCUT2D eigenvalue weighted by molar-refractivity contribution is 5.67. The molecular weight excluding hydrogens is 330 g/mol. The van der Waals surface area contributed by atoms with E-state index in [2.05, 4.69) is 5.32 Å². The number of ether oxygens (including phenoxy) is 2. The van der Waals surface area contributed by atoms with Crippen LogP contribution in [0.4, 0.5) is 5.69 Å². The van der Waals surface area contributed by atoms with E-state index in [0.717, 1.165) is 42.0 Å². The van der Waals surface area contributed by atoms with Crippen LogP contribution in [0.25, 0.3) is 0 Å². The SMILES string of the molecule is O=C(O)CCc1cccc(NCc2ccc(OCC3CCCO3)cc2)c1. The van der Waals surface area contributed by atoms with Crippen LogP contribution < -0.4 is 10.1 Å². The smallest absolute Gasteiger partial charge is 0.303 e. The molecule has 26 heavy (non-hydrogen) atoms. The molecule has 1 aliphatic heterocycles. The van der Waals surface area contributed by atoms with Crippen LogP contribution >= 0.6 is 0 Å². The third-order valence-corrected chi connectivity index (χ3v) is 4.43. The fourth-order valence-corrected chi connectivity index (χ4v) is 2.96. The average Bonchev–Trinajstić information content (AvgIpc) is 3.18. The third kappa shape index (κ3) is 5.77. The predicted octanol–water partition coefficient (Wildman–Crippen LogP) is 3.87. The van der Waals surface area contributed by atoms with Crippen molar-refractivity contribution in [3.63, 3.8) is 0 Å². The third-order valence-electron chi connectivity index (χ3n) is 4.43. The number of aryl methyl sites for hydroxylation is 1. The maximum Gasteiger partial charge on any atom is 0.303 e.